The monoisotopic (exact) mass is 941 g/mol. The zero-order valence-electron chi connectivity index (χ0n) is 41.4. The molecule has 0 aliphatic rings. The third-order valence-corrected chi connectivity index (χ3v) is 10.8. The summed E-state index contributed by atoms with van der Waals surface area (Å²) in [6.07, 6.45) is 17.3. The maximum Gasteiger partial charge on any atom is 0.306 e. The van der Waals surface area contributed by atoms with E-state index in [0.717, 1.165) is 73.6 Å². The maximum absolute atomic E-state index is 11.4. The summed E-state index contributed by atoms with van der Waals surface area (Å²) in [5.41, 5.74) is 3.84. The number of carbonyl (C=O) groups excluding carboxylic acids is 4. The molecule has 0 saturated heterocycles. The molecule has 0 fully saturated rings. The first kappa shape index (κ1) is 59.5. The van der Waals surface area contributed by atoms with Gasteiger partial charge in [0.2, 0.25) is 0 Å². The summed E-state index contributed by atoms with van der Waals surface area (Å²) in [5.74, 6) is 0.183. The van der Waals surface area contributed by atoms with Crippen LogP contribution in [0, 0.1) is 0 Å². The minimum absolute atomic E-state index is 0.0468. The van der Waals surface area contributed by atoms with Crippen molar-refractivity contribution in [1.29, 1.82) is 0 Å². The fourth-order valence-corrected chi connectivity index (χ4v) is 7.03. The van der Waals surface area contributed by atoms with Crippen molar-refractivity contribution in [2.45, 2.75) is 128 Å². The number of allylic oxidation sites excluding steroid dienone is 4. The fraction of sp³-hybridized carbons (Fsp3) is 0.429. The van der Waals surface area contributed by atoms with Crippen LogP contribution in [0.2, 0.25) is 0 Å². The number of methoxy groups -OCH3 is 4. The highest BCUT2D eigenvalue weighted by Crippen LogP contribution is 2.30. The minimum atomic E-state index is -0.251. The van der Waals surface area contributed by atoms with Crippen LogP contribution in [0.5, 0.6) is 23.0 Å². The number of phenolic OH excluding ortho intramolecular Hbond substituents is 4. The smallest absolute Gasteiger partial charge is 0.306 e. The van der Waals surface area contributed by atoms with Crippen LogP contribution >= 0.6 is 0 Å². The summed E-state index contributed by atoms with van der Waals surface area (Å²) >= 11 is 0. The Hall–Kier alpha value is -6.56. The second kappa shape index (κ2) is 35.6. The predicted octanol–water partition coefficient (Wildman–Crippen LogP) is 12.5. The highest BCUT2D eigenvalue weighted by Gasteiger charge is 2.19. The van der Waals surface area contributed by atoms with Gasteiger partial charge in [-0.2, -0.15) is 0 Å². The molecule has 0 aliphatic carbocycles. The molecule has 4 aromatic carbocycles. The number of unbranched alkanes of at least 4 members (excludes halogenated alkanes) is 2. The number of esters is 4. The Labute approximate surface area is 404 Å². The van der Waals surface area contributed by atoms with Gasteiger partial charge in [0.05, 0.1) is 54.1 Å². The van der Waals surface area contributed by atoms with E-state index in [1.165, 1.54) is 28.4 Å². The molecule has 0 amide bonds. The van der Waals surface area contributed by atoms with Gasteiger partial charge in [0.1, 0.15) is 23.0 Å². The van der Waals surface area contributed by atoms with Crippen LogP contribution in [0.4, 0.5) is 0 Å². The van der Waals surface area contributed by atoms with E-state index < -0.39 is 0 Å². The molecule has 0 radical (unpaired) electrons. The molecule has 4 rings (SSSR count). The van der Waals surface area contributed by atoms with Crippen LogP contribution in [-0.4, -0.2) is 72.7 Å². The topological polar surface area (TPSA) is 186 Å². The van der Waals surface area contributed by atoms with Crippen molar-refractivity contribution in [3.8, 4) is 23.0 Å². The standard InChI is InChI=1S/2C14H20O3.2C14H18O3/c4*1-3-4-6-12(10-14(16)17-2)11-7-5-8-13(15)9-11/h2*5,7-9,12,15H,3-4,6,10H2,1-2H3;2*4-9,12,15H,3,10H2,1-2H3/b;;2*6-4+/t4*12-/m1010/s1. The quantitative estimate of drug-likeness (QED) is 0.0332. The van der Waals surface area contributed by atoms with E-state index in [0.29, 0.717) is 12.8 Å². The zero-order chi connectivity index (χ0) is 50.7. The molecule has 4 atom stereocenters. The number of phenols is 4. The second-order valence-corrected chi connectivity index (χ2v) is 16.1. The highest BCUT2D eigenvalue weighted by molar-refractivity contribution is 5.72. The van der Waals surface area contributed by atoms with E-state index in [4.69, 9.17) is 9.47 Å². The number of aromatic hydroxyl groups is 4. The Morgan fingerprint density at radius 3 is 0.985 bits per heavy atom. The van der Waals surface area contributed by atoms with Gasteiger partial charge in [-0.25, -0.2) is 0 Å². The molecule has 0 heterocycles. The van der Waals surface area contributed by atoms with Crippen molar-refractivity contribution in [3.63, 3.8) is 0 Å². The lowest BCUT2D eigenvalue weighted by molar-refractivity contribution is -0.142. The summed E-state index contributed by atoms with van der Waals surface area (Å²) in [7, 11) is 5.57. The summed E-state index contributed by atoms with van der Waals surface area (Å²) in [5, 5.41) is 37.8. The first-order valence-corrected chi connectivity index (χ1v) is 23.4. The van der Waals surface area contributed by atoms with Crippen molar-refractivity contribution < 1.29 is 58.6 Å². The Kier molecular flexibility index (Phi) is 31.1. The predicted molar refractivity (Wildman–Crippen MR) is 268 cm³/mol. The number of hydrogen-bond donors (Lipinski definition) is 4. The number of ether oxygens (including phenoxy) is 4. The maximum atomic E-state index is 11.4. The van der Waals surface area contributed by atoms with Crippen LogP contribution < -0.4 is 0 Å². The van der Waals surface area contributed by atoms with E-state index in [1.54, 1.807) is 72.8 Å². The van der Waals surface area contributed by atoms with Gasteiger partial charge in [-0.3, -0.25) is 19.2 Å². The Morgan fingerprint density at radius 2 is 0.721 bits per heavy atom. The summed E-state index contributed by atoms with van der Waals surface area (Å²) < 4.78 is 18.8. The van der Waals surface area contributed by atoms with Crippen molar-refractivity contribution >= 4 is 23.9 Å². The number of benzene rings is 4. The summed E-state index contributed by atoms with van der Waals surface area (Å²) in [6, 6.07) is 28.1. The minimum Gasteiger partial charge on any atom is -0.508 e. The molecule has 12 nitrogen and oxygen atoms in total. The van der Waals surface area contributed by atoms with E-state index in [2.05, 4.69) is 23.3 Å². The zero-order valence-corrected chi connectivity index (χ0v) is 41.4. The van der Waals surface area contributed by atoms with Crippen LogP contribution in [0.3, 0.4) is 0 Å². The molecule has 0 unspecified atom stereocenters. The number of rotatable bonds is 22. The van der Waals surface area contributed by atoms with Crippen LogP contribution in [0.15, 0.2) is 121 Å². The molecule has 12 heteroatoms. The molecule has 0 bridgehead atoms. The fourth-order valence-electron chi connectivity index (χ4n) is 7.03. The molecular formula is C56H76O12. The van der Waals surface area contributed by atoms with Gasteiger partial charge in [-0.05, 0) is 108 Å². The molecule has 0 aliphatic heterocycles. The lowest BCUT2D eigenvalue weighted by Crippen LogP contribution is -2.08. The number of carbonyl (C=O) groups is 4. The number of hydrogen-bond acceptors (Lipinski definition) is 12. The third kappa shape index (κ3) is 25.4. The van der Waals surface area contributed by atoms with Gasteiger partial charge >= 0.3 is 23.9 Å². The molecule has 0 spiro atoms. The lowest BCUT2D eigenvalue weighted by Gasteiger charge is -2.16. The first-order valence-electron chi connectivity index (χ1n) is 23.4. The van der Waals surface area contributed by atoms with E-state index >= 15 is 0 Å². The van der Waals surface area contributed by atoms with Gasteiger partial charge in [-0.15, -0.1) is 0 Å². The Balaban J connectivity index is 0.000000453. The molecule has 0 saturated carbocycles. The van der Waals surface area contributed by atoms with Gasteiger partial charge in [0, 0.05) is 11.8 Å². The summed E-state index contributed by atoms with van der Waals surface area (Å²) in [6.45, 7) is 8.32. The van der Waals surface area contributed by atoms with Crippen LogP contribution in [-0.2, 0) is 38.1 Å². The van der Waals surface area contributed by atoms with Crippen molar-refractivity contribution in [2.75, 3.05) is 28.4 Å². The average Bonchev–Trinajstić information content (AvgIpc) is 3.34. The molecule has 4 aromatic rings. The highest BCUT2D eigenvalue weighted by atomic mass is 16.5. The summed E-state index contributed by atoms with van der Waals surface area (Å²) in [4.78, 5) is 45.4. The van der Waals surface area contributed by atoms with Crippen LogP contribution in [0.1, 0.15) is 151 Å². The van der Waals surface area contributed by atoms with Crippen molar-refractivity contribution in [1.82, 2.24) is 0 Å². The first-order chi connectivity index (χ1) is 32.7. The molecule has 0 aromatic heterocycles. The van der Waals surface area contributed by atoms with Gasteiger partial charge in [0.25, 0.3) is 0 Å². The van der Waals surface area contributed by atoms with Gasteiger partial charge in [-0.1, -0.05) is 126 Å². The van der Waals surface area contributed by atoms with Gasteiger partial charge < -0.3 is 39.4 Å². The van der Waals surface area contributed by atoms with E-state index in [1.807, 2.05) is 62.4 Å². The third-order valence-electron chi connectivity index (χ3n) is 10.8. The Bertz CT molecular complexity index is 1960. The SMILES string of the molecule is CC/C=C/[C@@H](CC(=O)OC)c1cccc(O)c1.CC/C=C/[C@H](CC(=O)OC)c1cccc(O)c1.CCCC[C@@H](CC(=O)OC)c1cccc(O)c1.CCCC[C@H](CC(=O)OC)c1cccc(O)c1. The van der Waals surface area contributed by atoms with Crippen molar-refractivity contribution in [2.24, 2.45) is 0 Å². The van der Waals surface area contributed by atoms with E-state index in [-0.39, 0.29) is 83.4 Å². The van der Waals surface area contributed by atoms with Gasteiger partial charge in [0.15, 0.2) is 0 Å². The normalized spacial score (nSPS) is 12.4. The van der Waals surface area contributed by atoms with Crippen molar-refractivity contribution in [3.05, 3.63) is 144 Å². The molecular weight excluding hydrogens is 865 g/mol. The second-order valence-electron chi connectivity index (χ2n) is 16.1. The molecule has 68 heavy (non-hydrogen) atoms. The Morgan fingerprint density at radius 1 is 0.441 bits per heavy atom. The largest absolute Gasteiger partial charge is 0.508 e. The van der Waals surface area contributed by atoms with E-state index in [9.17, 15) is 39.6 Å². The van der Waals surface area contributed by atoms with Crippen LogP contribution in [0.25, 0.3) is 0 Å². The molecule has 372 valence electrons. The average molecular weight is 941 g/mol. The lowest BCUT2D eigenvalue weighted by atomic mass is 9.90. The molecule has 4 N–H and O–H groups in total.